The van der Waals surface area contributed by atoms with E-state index in [1.54, 1.807) is 17.0 Å². The Morgan fingerprint density at radius 1 is 1.50 bits per heavy atom. The average molecular weight is 220 g/mol. The molecule has 0 unspecified atom stereocenters. The highest BCUT2D eigenvalue weighted by molar-refractivity contribution is 5.97. The number of carbonyl (C=O) groups excluding carboxylic acids is 1. The molecular formula is C12H16N2O2. The van der Waals surface area contributed by atoms with Gasteiger partial charge < -0.3 is 15.7 Å². The monoisotopic (exact) mass is 220 g/mol. The van der Waals surface area contributed by atoms with Crippen molar-refractivity contribution in [3.05, 3.63) is 29.3 Å². The van der Waals surface area contributed by atoms with Gasteiger partial charge in [0.25, 0.3) is 5.91 Å². The average Bonchev–Trinajstić information content (AvgIpc) is 2.13. The summed E-state index contributed by atoms with van der Waals surface area (Å²) in [5, 5.41) is 9.68. The smallest absolute Gasteiger partial charge is 0.257 e. The molecule has 1 aliphatic rings. The fourth-order valence-corrected chi connectivity index (χ4v) is 1.96. The van der Waals surface area contributed by atoms with E-state index in [1.165, 1.54) is 0 Å². The van der Waals surface area contributed by atoms with E-state index in [2.05, 4.69) is 0 Å². The van der Waals surface area contributed by atoms with Crippen LogP contribution >= 0.6 is 0 Å². The van der Waals surface area contributed by atoms with Gasteiger partial charge in [-0.15, -0.1) is 0 Å². The maximum absolute atomic E-state index is 12.0. The number of phenols is 1. The highest BCUT2D eigenvalue weighted by Crippen LogP contribution is 2.25. The molecule has 1 aromatic carbocycles. The normalized spacial score (nSPS) is 18.1. The maximum Gasteiger partial charge on any atom is 0.257 e. The van der Waals surface area contributed by atoms with Gasteiger partial charge in [0.1, 0.15) is 5.75 Å². The predicted octanol–water partition coefficient (Wildman–Crippen LogP) is 0.874. The molecule has 1 fully saturated rings. The number of benzene rings is 1. The van der Waals surface area contributed by atoms with Gasteiger partial charge in [-0.2, -0.15) is 0 Å². The second kappa shape index (κ2) is 3.49. The Morgan fingerprint density at radius 3 is 2.62 bits per heavy atom. The van der Waals surface area contributed by atoms with E-state index in [0.717, 1.165) is 5.56 Å². The van der Waals surface area contributed by atoms with Crippen LogP contribution in [0.1, 0.15) is 22.8 Å². The van der Waals surface area contributed by atoms with Crippen molar-refractivity contribution in [1.82, 2.24) is 4.90 Å². The summed E-state index contributed by atoms with van der Waals surface area (Å²) in [5.74, 6) is -0.115. The number of nitrogens with two attached hydrogens (primary N) is 1. The van der Waals surface area contributed by atoms with Gasteiger partial charge in [-0.1, -0.05) is 6.07 Å². The Bertz CT molecular complexity index is 433. The summed E-state index contributed by atoms with van der Waals surface area (Å²) in [4.78, 5) is 13.6. The highest BCUT2D eigenvalue weighted by Gasteiger charge is 2.38. The van der Waals surface area contributed by atoms with Gasteiger partial charge in [0.05, 0.1) is 5.56 Å². The quantitative estimate of drug-likeness (QED) is 0.738. The molecule has 0 atom stereocenters. The van der Waals surface area contributed by atoms with Crippen LogP contribution in [-0.4, -0.2) is 34.5 Å². The minimum absolute atomic E-state index is 0.0376. The third kappa shape index (κ3) is 1.88. The van der Waals surface area contributed by atoms with Crippen LogP contribution in [0.2, 0.25) is 0 Å². The first-order valence-electron chi connectivity index (χ1n) is 5.27. The molecule has 0 aromatic heterocycles. The molecule has 16 heavy (non-hydrogen) atoms. The SMILES string of the molecule is Cc1ccc(C(=O)N2CC(C)(N)C2)c(O)c1. The molecule has 1 heterocycles. The lowest BCUT2D eigenvalue weighted by Crippen LogP contribution is -2.66. The topological polar surface area (TPSA) is 66.6 Å². The first-order chi connectivity index (χ1) is 7.39. The lowest BCUT2D eigenvalue weighted by Gasteiger charge is -2.45. The second-order valence-electron chi connectivity index (χ2n) is 4.84. The largest absolute Gasteiger partial charge is 0.507 e. The molecule has 0 radical (unpaired) electrons. The van der Waals surface area contributed by atoms with Gasteiger partial charge in [0, 0.05) is 18.6 Å². The molecule has 1 amide bonds. The number of hydrogen-bond acceptors (Lipinski definition) is 3. The minimum atomic E-state index is -0.282. The summed E-state index contributed by atoms with van der Waals surface area (Å²) in [6.07, 6.45) is 0. The standard InChI is InChI=1S/C12H16N2O2/c1-8-3-4-9(10(15)5-8)11(16)14-6-12(2,13)7-14/h3-5,15H,6-7,13H2,1-2H3. The van der Waals surface area contributed by atoms with E-state index >= 15 is 0 Å². The number of aromatic hydroxyl groups is 1. The Balaban J connectivity index is 2.16. The van der Waals surface area contributed by atoms with E-state index in [-0.39, 0.29) is 17.2 Å². The summed E-state index contributed by atoms with van der Waals surface area (Å²) in [5.41, 5.74) is 6.83. The molecule has 0 saturated carbocycles. The van der Waals surface area contributed by atoms with Gasteiger partial charge in [-0.25, -0.2) is 0 Å². The minimum Gasteiger partial charge on any atom is -0.507 e. The van der Waals surface area contributed by atoms with Gasteiger partial charge in [0.15, 0.2) is 0 Å². The summed E-state index contributed by atoms with van der Waals surface area (Å²) in [7, 11) is 0. The molecule has 0 aliphatic carbocycles. The van der Waals surface area contributed by atoms with Crippen molar-refractivity contribution in [2.24, 2.45) is 5.73 Å². The molecule has 3 N–H and O–H groups in total. The molecule has 4 heteroatoms. The van der Waals surface area contributed by atoms with Crippen molar-refractivity contribution in [3.8, 4) is 5.75 Å². The van der Waals surface area contributed by atoms with Crippen LogP contribution in [0.5, 0.6) is 5.75 Å². The van der Waals surface area contributed by atoms with Crippen molar-refractivity contribution in [2.45, 2.75) is 19.4 Å². The number of phenolic OH excluding ortho intramolecular Hbond substituents is 1. The van der Waals surface area contributed by atoms with Crippen molar-refractivity contribution in [3.63, 3.8) is 0 Å². The first-order valence-corrected chi connectivity index (χ1v) is 5.27. The molecular weight excluding hydrogens is 204 g/mol. The molecule has 1 aromatic rings. The lowest BCUT2D eigenvalue weighted by atomic mass is 9.92. The number of likely N-dealkylation sites (tertiary alicyclic amines) is 1. The number of amides is 1. The van der Waals surface area contributed by atoms with Crippen molar-refractivity contribution in [1.29, 1.82) is 0 Å². The fourth-order valence-electron chi connectivity index (χ4n) is 1.96. The summed E-state index contributed by atoms with van der Waals surface area (Å²) in [6.45, 7) is 4.86. The third-order valence-electron chi connectivity index (χ3n) is 2.77. The van der Waals surface area contributed by atoms with Gasteiger partial charge in [0.2, 0.25) is 0 Å². The zero-order chi connectivity index (χ0) is 11.9. The van der Waals surface area contributed by atoms with Crippen molar-refractivity contribution in [2.75, 3.05) is 13.1 Å². The van der Waals surface area contributed by atoms with Gasteiger partial charge in [-0.3, -0.25) is 4.79 Å². The Kier molecular flexibility index (Phi) is 2.39. The van der Waals surface area contributed by atoms with Crippen molar-refractivity contribution >= 4 is 5.91 Å². The zero-order valence-electron chi connectivity index (χ0n) is 9.53. The second-order valence-corrected chi connectivity index (χ2v) is 4.84. The number of carbonyl (C=O) groups is 1. The molecule has 2 rings (SSSR count). The van der Waals surface area contributed by atoms with Crippen LogP contribution in [0.25, 0.3) is 0 Å². The molecule has 86 valence electrons. The molecule has 0 spiro atoms. The van der Waals surface area contributed by atoms with Gasteiger partial charge in [-0.05, 0) is 31.5 Å². The molecule has 4 nitrogen and oxygen atoms in total. The van der Waals surface area contributed by atoms with E-state index in [0.29, 0.717) is 18.7 Å². The van der Waals surface area contributed by atoms with Crippen LogP contribution in [-0.2, 0) is 0 Å². The fraction of sp³-hybridized carbons (Fsp3) is 0.417. The van der Waals surface area contributed by atoms with Crippen LogP contribution < -0.4 is 5.73 Å². The highest BCUT2D eigenvalue weighted by atomic mass is 16.3. The number of nitrogens with zero attached hydrogens (tertiary/aromatic N) is 1. The van der Waals surface area contributed by atoms with Crippen LogP contribution in [0.4, 0.5) is 0 Å². The van der Waals surface area contributed by atoms with E-state index in [4.69, 9.17) is 5.73 Å². The van der Waals surface area contributed by atoms with Crippen LogP contribution in [0.3, 0.4) is 0 Å². The number of aryl methyl sites for hydroxylation is 1. The molecule has 1 saturated heterocycles. The van der Waals surface area contributed by atoms with E-state index in [1.807, 2.05) is 19.9 Å². The van der Waals surface area contributed by atoms with Crippen molar-refractivity contribution < 1.29 is 9.90 Å². The number of rotatable bonds is 1. The van der Waals surface area contributed by atoms with E-state index < -0.39 is 0 Å². The number of hydrogen-bond donors (Lipinski definition) is 2. The Labute approximate surface area is 94.7 Å². The zero-order valence-corrected chi connectivity index (χ0v) is 9.53. The van der Waals surface area contributed by atoms with Crippen LogP contribution in [0, 0.1) is 6.92 Å². The maximum atomic E-state index is 12.0. The summed E-state index contributed by atoms with van der Waals surface area (Å²) in [6, 6.07) is 5.06. The summed E-state index contributed by atoms with van der Waals surface area (Å²) >= 11 is 0. The van der Waals surface area contributed by atoms with Crippen LogP contribution in [0.15, 0.2) is 18.2 Å². The lowest BCUT2D eigenvalue weighted by molar-refractivity contribution is 0.0451. The van der Waals surface area contributed by atoms with Gasteiger partial charge >= 0.3 is 0 Å². The molecule has 1 aliphatic heterocycles. The van der Waals surface area contributed by atoms with E-state index in [9.17, 15) is 9.90 Å². The predicted molar refractivity (Wildman–Crippen MR) is 61.3 cm³/mol. The summed E-state index contributed by atoms with van der Waals surface area (Å²) < 4.78 is 0. The molecule has 0 bridgehead atoms. The Morgan fingerprint density at radius 2 is 2.12 bits per heavy atom. The first kappa shape index (κ1) is 11.0. The third-order valence-corrected chi connectivity index (χ3v) is 2.77. The Hall–Kier alpha value is -1.55.